The topological polar surface area (TPSA) is 204 Å². The Balaban J connectivity index is 1.47. The second-order valence-corrected chi connectivity index (χ2v) is 8.48. The molecule has 1 fully saturated rings. The fourth-order valence-corrected chi connectivity index (χ4v) is 4.26. The Morgan fingerprint density at radius 1 is 1.03 bits per heavy atom. The third kappa shape index (κ3) is 4.54. The number of H-pyrrole nitrogens is 1. The minimum Gasteiger partial charge on any atom is -0.507 e. The second kappa shape index (κ2) is 9.88. The number of hydrogen-bond donors (Lipinski definition) is 7. The maximum atomic E-state index is 11.9. The summed E-state index contributed by atoms with van der Waals surface area (Å²) in [5.74, 6) is -0.593. The lowest BCUT2D eigenvalue weighted by atomic mass is 9.97. The molecule has 0 spiro atoms. The van der Waals surface area contributed by atoms with Crippen LogP contribution in [-0.4, -0.2) is 97.3 Å². The summed E-state index contributed by atoms with van der Waals surface area (Å²) in [5, 5.41) is 66.5. The number of fused-ring (bicyclic) bond motifs is 1. The average molecular weight is 516 g/mol. The molecule has 7 N–H and O–H groups in total. The highest BCUT2D eigenvalue weighted by Crippen LogP contribution is 2.42. The van der Waals surface area contributed by atoms with Crippen LogP contribution >= 0.6 is 0 Å². The van der Waals surface area contributed by atoms with Gasteiger partial charge in [0.25, 0.3) is 0 Å². The highest BCUT2D eigenvalue weighted by molar-refractivity contribution is 5.99. The van der Waals surface area contributed by atoms with Crippen LogP contribution < -0.4 is 14.2 Å². The number of aromatic nitrogens is 2. The van der Waals surface area contributed by atoms with Crippen LogP contribution in [0.15, 0.2) is 36.4 Å². The first-order valence-electron chi connectivity index (χ1n) is 11.3. The van der Waals surface area contributed by atoms with E-state index in [1.807, 2.05) is 0 Å². The molecule has 3 aromatic rings. The Morgan fingerprint density at radius 3 is 2.49 bits per heavy atom. The van der Waals surface area contributed by atoms with Gasteiger partial charge in [-0.25, -0.2) is 4.79 Å². The molecule has 37 heavy (non-hydrogen) atoms. The first kappa shape index (κ1) is 24.8. The number of carboxylic acids is 1. The molecular weight excluding hydrogens is 492 g/mol. The van der Waals surface area contributed by atoms with Gasteiger partial charge < -0.3 is 49.6 Å². The minimum atomic E-state index is -1.63. The van der Waals surface area contributed by atoms with Gasteiger partial charge in [-0.1, -0.05) is 6.07 Å². The Kier molecular flexibility index (Phi) is 6.62. The molecule has 3 heterocycles. The zero-order valence-electron chi connectivity index (χ0n) is 19.1. The highest BCUT2D eigenvalue weighted by Gasteiger charge is 2.44. The molecule has 0 saturated carbocycles. The molecule has 1 aromatic heterocycles. The molecule has 13 heteroatoms. The van der Waals surface area contributed by atoms with Gasteiger partial charge in [0.2, 0.25) is 6.29 Å². The molecule has 1 saturated heterocycles. The minimum absolute atomic E-state index is 0.0282. The monoisotopic (exact) mass is 516 g/mol. The molecule has 0 unspecified atom stereocenters. The largest absolute Gasteiger partial charge is 0.507 e. The van der Waals surface area contributed by atoms with Gasteiger partial charge in [-0.05, 0) is 29.8 Å². The van der Waals surface area contributed by atoms with E-state index in [4.69, 9.17) is 18.9 Å². The molecule has 5 atom stereocenters. The summed E-state index contributed by atoms with van der Waals surface area (Å²) < 4.78 is 22.0. The van der Waals surface area contributed by atoms with Crippen molar-refractivity contribution in [3.05, 3.63) is 42.1 Å². The van der Waals surface area contributed by atoms with Crippen LogP contribution in [0.25, 0.3) is 22.4 Å². The third-order valence-corrected chi connectivity index (χ3v) is 6.14. The van der Waals surface area contributed by atoms with Crippen molar-refractivity contribution in [2.45, 2.75) is 30.7 Å². The van der Waals surface area contributed by atoms with Crippen molar-refractivity contribution in [2.24, 2.45) is 0 Å². The van der Waals surface area contributed by atoms with Gasteiger partial charge in [-0.15, -0.1) is 0 Å². The summed E-state index contributed by atoms with van der Waals surface area (Å²) in [7, 11) is 0. The van der Waals surface area contributed by atoms with Crippen LogP contribution in [0.4, 0.5) is 0 Å². The van der Waals surface area contributed by atoms with Crippen LogP contribution in [0.3, 0.4) is 0 Å². The summed E-state index contributed by atoms with van der Waals surface area (Å²) in [4.78, 5) is 11.9. The summed E-state index contributed by atoms with van der Waals surface area (Å²) >= 11 is 0. The van der Waals surface area contributed by atoms with Crippen molar-refractivity contribution in [1.82, 2.24) is 10.2 Å². The number of nitrogens with one attached hydrogen (secondary N) is 1. The summed E-state index contributed by atoms with van der Waals surface area (Å²) in [5.41, 5.74) is 0.794. The Hall–Kier alpha value is -3.88. The SMILES string of the molecule is O=C(O)c1[nH]nc(-c2ccc(O[C@@H]3O[C@@H](CO)[C@@H](O)[C@@H](O)[C@@H]3O)cc2O)c1-c1ccc2c(c1)OCCO2. The van der Waals surface area contributed by atoms with Crippen LogP contribution in [-0.2, 0) is 4.74 Å². The number of phenols is 1. The van der Waals surface area contributed by atoms with Crippen molar-refractivity contribution in [2.75, 3.05) is 19.8 Å². The number of carboxylic acid groups (broad SMARTS) is 1. The van der Waals surface area contributed by atoms with Crippen LogP contribution in [0.2, 0.25) is 0 Å². The first-order valence-corrected chi connectivity index (χ1v) is 11.3. The van der Waals surface area contributed by atoms with E-state index in [-0.39, 0.29) is 34.0 Å². The molecule has 196 valence electrons. The number of phenolic OH excluding ortho intramolecular Hbond substituents is 1. The Morgan fingerprint density at radius 2 is 1.78 bits per heavy atom. The van der Waals surface area contributed by atoms with Crippen molar-refractivity contribution in [3.8, 4) is 45.4 Å². The number of rotatable bonds is 6. The number of aromatic carboxylic acids is 1. The van der Waals surface area contributed by atoms with Crippen LogP contribution in [0.5, 0.6) is 23.0 Å². The number of ether oxygens (including phenoxy) is 4. The summed E-state index contributed by atoms with van der Waals surface area (Å²) in [6, 6.07) is 8.98. The number of aliphatic hydroxyl groups excluding tert-OH is 4. The lowest BCUT2D eigenvalue weighted by Crippen LogP contribution is -2.60. The first-order chi connectivity index (χ1) is 17.8. The smallest absolute Gasteiger partial charge is 0.354 e. The lowest BCUT2D eigenvalue weighted by molar-refractivity contribution is -0.277. The van der Waals surface area contributed by atoms with Gasteiger partial charge in [-0.2, -0.15) is 5.10 Å². The van der Waals surface area contributed by atoms with Gasteiger partial charge in [0.1, 0.15) is 54.8 Å². The zero-order valence-corrected chi connectivity index (χ0v) is 19.1. The number of aromatic hydroxyl groups is 1. The van der Waals surface area contributed by atoms with E-state index in [0.717, 1.165) is 0 Å². The van der Waals surface area contributed by atoms with Gasteiger partial charge in [0.05, 0.1) is 6.61 Å². The lowest BCUT2D eigenvalue weighted by Gasteiger charge is -2.39. The van der Waals surface area contributed by atoms with E-state index in [9.17, 15) is 35.4 Å². The number of nitrogens with zero attached hydrogens (tertiary/aromatic N) is 1. The van der Waals surface area contributed by atoms with E-state index in [0.29, 0.717) is 30.3 Å². The number of hydrogen-bond acceptors (Lipinski definition) is 11. The normalized spacial score (nSPS) is 25.0. The van der Waals surface area contributed by atoms with E-state index >= 15 is 0 Å². The molecule has 2 aliphatic rings. The standard InChI is InChI=1S/C24H24N2O11/c27-9-16-20(29)21(30)22(31)24(37-16)36-11-2-3-12(13(28)8-11)18-17(19(23(32)33)26-25-18)10-1-4-14-15(7-10)35-6-5-34-14/h1-4,7-8,16,20-22,24,27-31H,5-6,9H2,(H,25,26)(H,32,33)/t16-,20+,21+,22-,24+/m0/s1. The molecule has 0 amide bonds. The molecule has 0 radical (unpaired) electrons. The van der Waals surface area contributed by atoms with E-state index in [1.54, 1.807) is 18.2 Å². The highest BCUT2D eigenvalue weighted by atomic mass is 16.7. The molecular formula is C24H24N2O11. The maximum absolute atomic E-state index is 11.9. The predicted molar refractivity (Wildman–Crippen MR) is 123 cm³/mol. The van der Waals surface area contributed by atoms with Gasteiger partial charge >= 0.3 is 5.97 Å². The molecule has 0 bridgehead atoms. The third-order valence-electron chi connectivity index (χ3n) is 6.14. The molecule has 2 aliphatic heterocycles. The average Bonchev–Trinajstić information content (AvgIpc) is 3.34. The molecule has 2 aromatic carbocycles. The Bertz CT molecular complexity index is 1310. The summed E-state index contributed by atoms with van der Waals surface area (Å²) in [6.45, 7) is 0.120. The number of carbonyl (C=O) groups is 1. The zero-order chi connectivity index (χ0) is 26.3. The number of benzene rings is 2. The van der Waals surface area contributed by atoms with E-state index in [1.165, 1.54) is 18.2 Å². The van der Waals surface area contributed by atoms with Gasteiger partial charge in [-0.3, -0.25) is 5.10 Å². The van der Waals surface area contributed by atoms with E-state index < -0.39 is 43.3 Å². The van der Waals surface area contributed by atoms with Gasteiger partial charge in [0.15, 0.2) is 17.2 Å². The Labute approximate surface area is 209 Å². The van der Waals surface area contributed by atoms with E-state index in [2.05, 4.69) is 10.2 Å². The maximum Gasteiger partial charge on any atom is 0.354 e. The molecule has 5 rings (SSSR count). The molecule has 0 aliphatic carbocycles. The fourth-order valence-electron chi connectivity index (χ4n) is 4.26. The van der Waals surface area contributed by atoms with Crippen LogP contribution in [0, 0.1) is 0 Å². The molecule has 13 nitrogen and oxygen atoms in total. The van der Waals surface area contributed by atoms with Crippen LogP contribution in [0.1, 0.15) is 10.5 Å². The fraction of sp³-hybridized carbons (Fsp3) is 0.333. The van der Waals surface area contributed by atoms with Crippen molar-refractivity contribution < 1.29 is 54.4 Å². The quantitative estimate of drug-likeness (QED) is 0.233. The second-order valence-electron chi connectivity index (χ2n) is 8.48. The van der Waals surface area contributed by atoms with Crippen molar-refractivity contribution in [1.29, 1.82) is 0 Å². The summed E-state index contributed by atoms with van der Waals surface area (Å²) in [6.07, 6.45) is -7.42. The van der Waals surface area contributed by atoms with Crippen molar-refractivity contribution >= 4 is 5.97 Å². The predicted octanol–water partition coefficient (Wildman–Crippen LogP) is 0.0974. The number of aliphatic hydroxyl groups is 4. The van der Waals surface area contributed by atoms with Gasteiger partial charge in [0, 0.05) is 17.2 Å². The number of aromatic amines is 1. The van der Waals surface area contributed by atoms with Crippen molar-refractivity contribution in [3.63, 3.8) is 0 Å².